The van der Waals surface area contributed by atoms with Gasteiger partial charge < -0.3 is 15.4 Å². The summed E-state index contributed by atoms with van der Waals surface area (Å²) in [5.74, 6) is -0.0849. The maximum atomic E-state index is 12.9. The van der Waals surface area contributed by atoms with Crippen molar-refractivity contribution in [2.75, 3.05) is 13.7 Å². The third kappa shape index (κ3) is 3.84. The molecule has 0 bridgehead atoms. The molecule has 2 N–H and O–H groups in total. The zero-order valence-corrected chi connectivity index (χ0v) is 16.1. The van der Waals surface area contributed by atoms with Crippen molar-refractivity contribution in [1.82, 2.24) is 4.90 Å². The van der Waals surface area contributed by atoms with Crippen molar-refractivity contribution in [3.05, 3.63) is 29.8 Å². The summed E-state index contributed by atoms with van der Waals surface area (Å²) < 4.78 is 29.5. The third-order valence-electron chi connectivity index (χ3n) is 5.02. The minimum Gasteiger partial charge on any atom is -0.497 e. The lowest BCUT2D eigenvalue weighted by Gasteiger charge is -2.33. The van der Waals surface area contributed by atoms with Gasteiger partial charge in [0, 0.05) is 6.54 Å². The van der Waals surface area contributed by atoms with E-state index in [4.69, 9.17) is 15.7 Å². The Morgan fingerprint density at radius 1 is 1.42 bits per heavy atom. The molecule has 142 valence electrons. The number of hydrogen-bond acceptors (Lipinski definition) is 6. The van der Waals surface area contributed by atoms with E-state index in [1.54, 1.807) is 24.3 Å². The van der Waals surface area contributed by atoms with Crippen LogP contribution < -0.4 is 10.5 Å². The molecule has 1 saturated heterocycles. The minimum absolute atomic E-state index is 0.230. The average Bonchev–Trinajstić information content (AvgIpc) is 3.09. The molecular weight excluding hydrogens is 354 g/mol. The topological polar surface area (TPSA) is 113 Å². The van der Waals surface area contributed by atoms with Crippen LogP contribution in [0.2, 0.25) is 0 Å². The Bertz CT molecular complexity index is 797. The molecule has 1 aliphatic heterocycles. The molecule has 8 heteroatoms. The highest BCUT2D eigenvalue weighted by atomic mass is 32.2. The summed E-state index contributed by atoms with van der Waals surface area (Å²) >= 11 is 0. The minimum atomic E-state index is -3.73. The molecule has 7 nitrogen and oxygen atoms in total. The molecule has 26 heavy (non-hydrogen) atoms. The Balaban J connectivity index is 2.20. The molecule has 1 aliphatic rings. The van der Waals surface area contributed by atoms with E-state index in [1.807, 2.05) is 0 Å². The predicted molar refractivity (Wildman–Crippen MR) is 98.0 cm³/mol. The molecule has 1 heterocycles. The second-order valence-corrected chi connectivity index (χ2v) is 9.58. The standard InChI is InChI=1S/C18H25N3O4S/c1-18(2,16(20)17(22)21-10-4-5-14(21)11-19)26(23,24)12-13-6-8-15(25-3)9-7-13/h6-9,14,16H,4-5,10,12,20H2,1-3H3/t14?,16-/m0/s1. The van der Waals surface area contributed by atoms with E-state index in [0.717, 1.165) is 6.42 Å². The maximum absolute atomic E-state index is 12.9. The fraction of sp³-hybridized carbons (Fsp3) is 0.556. The Morgan fingerprint density at radius 2 is 2.04 bits per heavy atom. The lowest BCUT2D eigenvalue weighted by molar-refractivity contribution is -0.133. The Kier molecular flexibility index (Phi) is 5.94. The number of benzene rings is 1. The van der Waals surface area contributed by atoms with E-state index >= 15 is 0 Å². The molecule has 0 radical (unpaired) electrons. The second kappa shape index (κ2) is 7.64. The molecule has 2 atom stereocenters. The summed E-state index contributed by atoms with van der Waals surface area (Å²) in [7, 11) is -2.19. The highest BCUT2D eigenvalue weighted by Gasteiger charge is 2.46. The lowest BCUT2D eigenvalue weighted by Crippen LogP contribution is -2.58. The van der Waals surface area contributed by atoms with Crippen molar-refractivity contribution < 1.29 is 17.9 Å². The first-order chi connectivity index (χ1) is 12.1. The van der Waals surface area contributed by atoms with Gasteiger partial charge in [-0.2, -0.15) is 5.26 Å². The Hall–Kier alpha value is -2.11. The molecule has 0 spiro atoms. The van der Waals surface area contributed by atoms with E-state index < -0.39 is 32.6 Å². The van der Waals surface area contributed by atoms with Crippen molar-refractivity contribution in [3.63, 3.8) is 0 Å². The molecule has 1 fully saturated rings. The number of hydrogen-bond donors (Lipinski definition) is 1. The van der Waals surface area contributed by atoms with Crippen LogP contribution in [0.25, 0.3) is 0 Å². The summed E-state index contributed by atoms with van der Waals surface area (Å²) in [4.78, 5) is 14.1. The normalized spacial score (nSPS) is 19.0. The summed E-state index contributed by atoms with van der Waals surface area (Å²) in [6.07, 6.45) is 1.31. The number of ether oxygens (including phenoxy) is 1. The zero-order valence-electron chi connectivity index (χ0n) is 15.3. The summed E-state index contributed by atoms with van der Waals surface area (Å²) in [6, 6.07) is 7.02. The van der Waals surface area contributed by atoms with Gasteiger partial charge in [0.05, 0.1) is 23.7 Å². The van der Waals surface area contributed by atoms with Gasteiger partial charge in [0.15, 0.2) is 9.84 Å². The molecule has 0 aromatic heterocycles. The van der Waals surface area contributed by atoms with Crippen LogP contribution >= 0.6 is 0 Å². The number of carbonyl (C=O) groups excluding carboxylic acids is 1. The molecule has 1 aromatic carbocycles. The van der Waals surface area contributed by atoms with Gasteiger partial charge in [-0.3, -0.25) is 4.79 Å². The molecule has 0 aliphatic carbocycles. The van der Waals surface area contributed by atoms with E-state index in [1.165, 1.54) is 25.9 Å². The van der Waals surface area contributed by atoms with Crippen molar-refractivity contribution in [3.8, 4) is 11.8 Å². The molecule has 2 rings (SSSR count). The van der Waals surface area contributed by atoms with Crippen molar-refractivity contribution in [2.45, 2.75) is 49.3 Å². The van der Waals surface area contributed by atoms with Gasteiger partial charge in [-0.15, -0.1) is 0 Å². The summed E-state index contributed by atoms with van der Waals surface area (Å²) in [6.45, 7) is 3.36. The number of amides is 1. The van der Waals surface area contributed by atoms with Gasteiger partial charge in [0.2, 0.25) is 5.91 Å². The van der Waals surface area contributed by atoms with Crippen molar-refractivity contribution in [1.29, 1.82) is 5.26 Å². The first-order valence-corrected chi connectivity index (χ1v) is 10.1. The van der Waals surface area contributed by atoms with Crippen LogP contribution in [0.4, 0.5) is 0 Å². The maximum Gasteiger partial charge on any atom is 0.242 e. The number of carbonyl (C=O) groups is 1. The Labute approximate surface area is 154 Å². The quantitative estimate of drug-likeness (QED) is 0.795. The molecule has 1 unspecified atom stereocenters. The van der Waals surface area contributed by atoms with Crippen LogP contribution in [-0.4, -0.2) is 49.7 Å². The second-order valence-electron chi connectivity index (χ2n) is 7.01. The van der Waals surface area contributed by atoms with Crippen LogP contribution in [0.5, 0.6) is 5.75 Å². The number of nitrogens with zero attached hydrogens (tertiary/aromatic N) is 2. The van der Waals surface area contributed by atoms with E-state index in [-0.39, 0.29) is 5.75 Å². The summed E-state index contributed by atoms with van der Waals surface area (Å²) in [5.41, 5.74) is 6.67. The highest BCUT2D eigenvalue weighted by Crippen LogP contribution is 2.28. The average molecular weight is 379 g/mol. The number of likely N-dealkylation sites (tertiary alicyclic amines) is 1. The number of rotatable bonds is 6. The zero-order chi connectivity index (χ0) is 19.5. The van der Waals surface area contributed by atoms with Gasteiger partial charge in [-0.05, 0) is 44.4 Å². The van der Waals surface area contributed by atoms with Crippen LogP contribution in [0.15, 0.2) is 24.3 Å². The Morgan fingerprint density at radius 3 is 2.58 bits per heavy atom. The number of methoxy groups -OCH3 is 1. The first-order valence-electron chi connectivity index (χ1n) is 8.45. The van der Waals surface area contributed by atoms with Gasteiger partial charge in [-0.1, -0.05) is 12.1 Å². The van der Waals surface area contributed by atoms with Crippen molar-refractivity contribution in [2.24, 2.45) is 5.73 Å². The van der Waals surface area contributed by atoms with Gasteiger partial charge in [0.1, 0.15) is 17.8 Å². The smallest absolute Gasteiger partial charge is 0.242 e. The van der Waals surface area contributed by atoms with E-state index in [0.29, 0.717) is 24.3 Å². The first kappa shape index (κ1) is 20.2. The molecular formula is C18H25N3O4S. The van der Waals surface area contributed by atoms with Crippen molar-refractivity contribution >= 4 is 15.7 Å². The van der Waals surface area contributed by atoms with Crippen LogP contribution in [-0.2, 0) is 20.4 Å². The largest absolute Gasteiger partial charge is 0.497 e. The van der Waals surface area contributed by atoms with E-state index in [2.05, 4.69) is 6.07 Å². The van der Waals surface area contributed by atoms with Crippen LogP contribution in [0.1, 0.15) is 32.3 Å². The van der Waals surface area contributed by atoms with Gasteiger partial charge >= 0.3 is 0 Å². The SMILES string of the molecule is COc1ccc(CS(=O)(=O)C(C)(C)[C@@H](N)C(=O)N2CCCC2C#N)cc1. The number of nitrogens with two attached hydrogens (primary N) is 1. The van der Waals surface area contributed by atoms with E-state index in [9.17, 15) is 13.2 Å². The molecule has 0 saturated carbocycles. The monoisotopic (exact) mass is 379 g/mol. The molecule has 1 amide bonds. The lowest BCUT2D eigenvalue weighted by atomic mass is 10.0. The predicted octanol–water partition coefficient (Wildman–Crippen LogP) is 1.23. The molecule has 1 aromatic rings. The summed E-state index contributed by atoms with van der Waals surface area (Å²) in [5, 5.41) is 9.15. The fourth-order valence-corrected chi connectivity index (χ4v) is 4.45. The number of sulfone groups is 1. The number of nitriles is 1. The van der Waals surface area contributed by atoms with Gasteiger partial charge in [0.25, 0.3) is 0 Å². The van der Waals surface area contributed by atoms with Crippen LogP contribution in [0.3, 0.4) is 0 Å². The highest BCUT2D eigenvalue weighted by molar-refractivity contribution is 7.92. The van der Waals surface area contributed by atoms with Crippen LogP contribution in [0, 0.1) is 11.3 Å². The fourth-order valence-electron chi connectivity index (χ4n) is 2.96. The third-order valence-corrected chi connectivity index (χ3v) is 7.59. The van der Waals surface area contributed by atoms with Gasteiger partial charge in [-0.25, -0.2) is 8.42 Å².